The van der Waals surface area contributed by atoms with Gasteiger partial charge in [-0.3, -0.25) is 4.79 Å². The Morgan fingerprint density at radius 3 is 2.50 bits per heavy atom. The summed E-state index contributed by atoms with van der Waals surface area (Å²) in [5.74, 6) is -0.323. The highest BCUT2D eigenvalue weighted by Gasteiger charge is 2.23. The van der Waals surface area contributed by atoms with Gasteiger partial charge in [0.1, 0.15) is 6.10 Å². The summed E-state index contributed by atoms with van der Waals surface area (Å²) in [4.78, 5) is 11.7. The van der Waals surface area contributed by atoms with Crippen LogP contribution in [0.4, 0.5) is 0 Å². The van der Waals surface area contributed by atoms with Gasteiger partial charge in [-0.2, -0.15) is 0 Å². The molecule has 0 saturated carbocycles. The van der Waals surface area contributed by atoms with Gasteiger partial charge in [-0.25, -0.2) is 0 Å². The van der Waals surface area contributed by atoms with Gasteiger partial charge in [0.15, 0.2) is 8.32 Å². The third-order valence-corrected chi connectivity index (χ3v) is 6.05. The van der Waals surface area contributed by atoms with E-state index < -0.39 is 14.4 Å². The summed E-state index contributed by atoms with van der Waals surface area (Å²) in [7, 11) is -0.0930. The average Bonchev–Trinajstić information content (AvgIpc) is 2.51. The molecule has 22 heavy (non-hydrogen) atoms. The number of hydrogen-bond donors (Lipinski definition) is 1. The van der Waals surface area contributed by atoms with Crippen molar-refractivity contribution in [2.24, 2.45) is 0 Å². The summed E-state index contributed by atoms with van der Waals surface area (Å²) in [5, 5.41) is 9.23. The third-order valence-electron chi connectivity index (χ3n) is 3.49. The van der Waals surface area contributed by atoms with Gasteiger partial charge in [-0.1, -0.05) is 6.92 Å². The van der Waals surface area contributed by atoms with Crippen LogP contribution in [0.25, 0.3) is 0 Å². The molecular formula is C15H32O6Si. The second-order valence-corrected chi connectivity index (χ2v) is 10.4. The van der Waals surface area contributed by atoms with E-state index >= 15 is 0 Å². The van der Waals surface area contributed by atoms with E-state index in [1.54, 1.807) is 7.11 Å². The predicted molar refractivity (Wildman–Crippen MR) is 87.4 cm³/mol. The highest BCUT2D eigenvalue weighted by Crippen LogP contribution is 2.13. The molecule has 0 aliphatic heterocycles. The molecule has 0 spiro atoms. The number of aliphatic hydroxyl groups is 1. The first-order valence-electron chi connectivity index (χ1n) is 7.89. The van der Waals surface area contributed by atoms with E-state index in [0.29, 0.717) is 25.7 Å². The van der Waals surface area contributed by atoms with Crippen LogP contribution in [0.1, 0.15) is 26.7 Å². The Hall–Kier alpha value is -0.473. The maximum Gasteiger partial charge on any atom is 0.306 e. The highest BCUT2D eigenvalue weighted by molar-refractivity contribution is 6.71. The third kappa shape index (κ3) is 11.1. The molecular weight excluding hydrogens is 304 g/mol. The topological polar surface area (TPSA) is 74.2 Å². The molecule has 0 aromatic rings. The Kier molecular flexibility index (Phi) is 11.8. The Balaban J connectivity index is 3.84. The second kappa shape index (κ2) is 12.0. The molecule has 0 radical (unpaired) electrons. The molecule has 7 heteroatoms. The first-order chi connectivity index (χ1) is 10.3. The lowest BCUT2D eigenvalue weighted by Crippen LogP contribution is -2.31. The molecule has 0 heterocycles. The van der Waals surface area contributed by atoms with Crippen LogP contribution < -0.4 is 0 Å². The zero-order chi connectivity index (χ0) is 17.0. The van der Waals surface area contributed by atoms with Crippen LogP contribution in [0.2, 0.25) is 19.1 Å². The average molecular weight is 337 g/mol. The molecule has 132 valence electrons. The van der Waals surface area contributed by atoms with Gasteiger partial charge in [-0.15, -0.1) is 0 Å². The van der Waals surface area contributed by atoms with Crippen molar-refractivity contribution in [2.75, 3.05) is 33.5 Å². The number of carbonyl (C=O) groups is 1. The maximum atomic E-state index is 11.7. The summed E-state index contributed by atoms with van der Waals surface area (Å²) in [6.45, 7) is 9.00. The fourth-order valence-electron chi connectivity index (χ4n) is 1.51. The normalized spacial score (nSPS) is 14.6. The van der Waals surface area contributed by atoms with Crippen LogP contribution in [-0.2, 0) is 23.4 Å². The van der Waals surface area contributed by atoms with E-state index in [1.165, 1.54) is 0 Å². The first-order valence-corrected chi connectivity index (χ1v) is 11.0. The number of aliphatic hydroxyl groups excluding tert-OH is 1. The number of carbonyl (C=O) groups excluding carboxylic acids is 1. The van der Waals surface area contributed by atoms with Crippen molar-refractivity contribution in [3.8, 4) is 0 Å². The fraction of sp³-hybridized carbons (Fsp3) is 0.933. The van der Waals surface area contributed by atoms with E-state index in [4.69, 9.17) is 18.6 Å². The van der Waals surface area contributed by atoms with E-state index in [0.717, 1.165) is 6.42 Å². The molecule has 0 amide bonds. The molecule has 0 rings (SSSR count). The Bertz CT molecular complexity index is 298. The van der Waals surface area contributed by atoms with Crippen LogP contribution in [0.3, 0.4) is 0 Å². The zero-order valence-electron chi connectivity index (χ0n) is 14.6. The minimum Gasteiger partial charge on any atom is -0.457 e. The van der Waals surface area contributed by atoms with Gasteiger partial charge in [0.2, 0.25) is 0 Å². The van der Waals surface area contributed by atoms with Gasteiger partial charge in [0.05, 0.1) is 32.5 Å². The number of esters is 1. The van der Waals surface area contributed by atoms with Crippen LogP contribution in [0.15, 0.2) is 0 Å². The monoisotopic (exact) mass is 336 g/mol. The highest BCUT2D eigenvalue weighted by atomic mass is 28.4. The standard InChI is InChI=1S/C15H32O6Si/c1-6-13(2)20-9-8-19-12-14(11-16)21-15(17)7-10-22(4,5)18-3/h13-14,16H,6-12H2,1-5H3. The molecule has 0 aliphatic carbocycles. The van der Waals surface area contributed by atoms with Crippen molar-refractivity contribution in [2.45, 2.75) is 58.0 Å². The summed E-state index contributed by atoms with van der Waals surface area (Å²) in [6.07, 6.45) is 0.852. The molecule has 0 saturated heterocycles. The van der Waals surface area contributed by atoms with Crippen LogP contribution in [-0.4, -0.2) is 65.1 Å². The lowest BCUT2D eigenvalue weighted by Gasteiger charge is -2.20. The molecule has 0 bridgehead atoms. The number of ether oxygens (including phenoxy) is 3. The van der Waals surface area contributed by atoms with Crippen molar-refractivity contribution in [3.05, 3.63) is 0 Å². The zero-order valence-corrected chi connectivity index (χ0v) is 15.6. The summed E-state index contributed by atoms with van der Waals surface area (Å²) >= 11 is 0. The Labute approximate surface area is 135 Å². The van der Waals surface area contributed by atoms with E-state index in [2.05, 4.69) is 6.92 Å². The molecule has 2 unspecified atom stereocenters. The summed E-state index contributed by atoms with van der Waals surface area (Å²) in [6, 6.07) is 0.698. The van der Waals surface area contributed by atoms with Crippen LogP contribution in [0.5, 0.6) is 0 Å². The van der Waals surface area contributed by atoms with Crippen LogP contribution in [0, 0.1) is 0 Å². The van der Waals surface area contributed by atoms with Gasteiger partial charge in [0.25, 0.3) is 0 Å². The van der Waals surface area contributed by atoms with Gasteiger partial charge in [0, 0.05) is 13.5 Å². The van der Waals surface area contributed by atoms with Crippen molar-refractivity contribution in [1.82, 2.24) is 0 Å². The summed E-state index contributed by atoms with van der Waals surface area (Å²) < 4.78 is 21.4. The molecule has 0 aromatic carbocycles. The maximum absolute atomic E-state index is 11.7. The number of hydrogen-bond acceptors (Lipinski definition) is 6. The molecule has 2 atom stereocenters. The first kappa shape index (κ1) is 21.5. The predicted octanol–water partition coefficient (Wildman–Crippen LogP) is 1.96. The van der Waals surface area contributed by atoms with Crippen molar-refractivity contribution < 1.29 is 28.5 Å². The fourth-order valence-corrected chi connectivity index (χ4v) is 2.53. The minimum absolute atomic E-state index is 0.178. The SMILES string of the molecule is CCC(C)OCCOCC(CO)OC(=O)CC[Si](C)(C)OC. The lowest BCUT2D eigenvalue weighted by atomic mass is 10.3. The van der Waals surface area contributed by atoms with Gasteiger partial charge < -0.3 is 23.7 Å². The Morgan fingerprint density at radius 2 is 1.95 bits per heavy atom. The molecule has 6 nitrogen and oxygen atoms in total. The lowest BCUT2D eigenvalue weighted by molar-refractivity contribution is -0.154. The Morgan fingerprint density at radius 1 is 1.27 bits per heavy atom. The van der Waals surface area contributed by atoms with Crippen LogP contribution >= 0.6 is 0 Å². The quantitative estimate of drug-likeness (QED) is 0.315. The second-order valence-electron chi connectivity index (χ2n) is 5.92. The smallest absolute Gasteiger partial charge is 0.306 e. The van der Waals surface area contributed by atoms with Gasteiger partial charge in [-0.05, 0) is 32.5 Å². The van der Waals surface area contributed by atoms with Crippen molar-refractivity contribution >= 4 is 14.3 Å². The minimum atomic E-state index is -1.76. The molecule has 0 fully saturated rings. The summed E-state index contributed by atoms with van der Waals surface area (Å²) in [5.41, 5.74) is 0. The van der Waals surface area contributed by atoms with E-state index in [1.807, 2.05) is 20.0 Å². The van der Waals surface area contributed by atoms with Gasteiger partial charge >= 0.3 is 5.97 Å². The van der Waals surface area contributed by atoms with E-state index in [-0.39, 0.29) is 25.3 Å². The molecule has 0 aliphatic rings. The van der Waals surface area contributed by atoms with Crippen molar-refractivity contribution in [1.29, 1.82) is 0 Å². The largest absolute Gasteiger partial charge is 0.457 e. The number of rotatable bonds is 13. The molecule has 1 N–H and O–H groups in total. The van der Waals surface area contributed by atoms with E-state index in [9.17, 15) is 9.90 Å². The molecule has 0 aromatic heterocycles. The van der Waals surface area contributed by atoms with Crippen molar-refractivity contribution in [3.63, 3.8) is 0 Å².